The first-order valence-corrected chi connectivity index (χ1v) is 10.9. The molecule has 4 atom stereocenters. The van der Waals surface area contributed by atoms with Crippen molar-refractivity contribution < 1.29 is 34.2 Å². The first-order chi connectivity index (χ1) is 17.0. The SMILES string of the molecule is CC(NC(=O)C(Cc1cnc[nH]1)NC(=O)C(N)CC(N)=O)C(=O)NC(Cc1ccc(O)cc1)C(=O)O. The molecule has 14 nitrogen and oxygen atoms in total. The number of phenolic OH excluding ortho intramolecular Hbond substituents is 1. The summed E-state index contributed by atoms with van der Waals surface area (Å²) in [5.41, 5.74) is 11.8. The molecule has 36 heavy (non-hydrogen) atoms. The lowest BCUT2D eigenvalue weighted by molar-refractivity contribution is -0.142. The Kier molecular flexibility index (Phi) is 9.92. The molecule has 4 unspecified atom stereocenters. The second kappa shape index (κ2) is 12.9. The van der Waals surface area contributed by atoms with E-state index in [2.05, 4.69) is 25.9 Å². The normalized spacial score (nSPS) is 14.1. The molecule has 0 aliphatic heterocycles. The van der Waals surface area contributed by atoms with Gasteiger partial charge in [0.15, 0.2) is 0 Å². The van der Waals surface area contributed by atoms with Gasteiger partial charge in [0.2, 0.25) is 23.6 Å². The van der Waals surface area contributed by atoms with E-state index in [1.165, 1.54) is 43.7 Å². The van der Waals surface area contributed by atoms with Crippen molar-refractivity contribution in [2.24, 2.45) is 11.5 Å². The van der Waals surface area contributed by atoms with Crippen molar-refractivity contribution in [3.8, 4) is 5.75 Å². The average Bonchev–Trinajstić information content (AvgIpc) is 3.32. The number of aromatic amines is 1. The molecule has 194 valence electrons. The van der Waals surface area contributed by atoms with Gasteiger partial charge in [0.25, 0.3) is 0 Å². The van der Waals surface area contributed by atoms with Crippen molar-refractivity contribution in [3.63, 3.8) is 0 Å². The van der Waals surface area contributed by atoms with Gasteiger partial charge in [-0.15, -0.1) is 0 Å². The molecule has 0 saturated heterocycles. The Morgan fingerprint density at radius 3 is 2.17 bits per heavy atom. The first kappa shape index (κ1) is 27.8. The van der Waals surface area contributed by atoms with Crippen LogP contribution >= 0.6 is 0 Å². The Labute approximate surface area is 205 Å². The number of primary amides is 1. The molecule has 10 N–H and O–H groups in total. The molecule has 0 aliphatic rings. The quantitative estimate of drug-likeness (QED) is 0.146. The van der Waals surface area contributed by atoms with Gasteiger partial charge in [0, 0.05) is 24.7 Å². The number of rotatable bonds is 13. The Morgan fingerprint density at radius 2 is 1.61 bits per heavy atom. The highest BCUT2D eigenvalue weighted by Gasteiger charge is 2.29. The smallest absolute Gasteiger partial charge is 0.326 e. The summed E-state index contributed by atoms with van der Waals surface area (Å²) in [5, 5.41) is 26.1. The van der Waals surface area contributed by atoms with Crippen LogP contribution in [0.15, 0.2) is 36.8 Å². The number of carbonyl (C=O) groups excluding carboxylic acids is 4. The Balaban J connectivity index is 2.05. The summed E-state index contributed by atoms with van der Waals surface area (Å²) in [6, 6.07) is 0.886. The zero-order valence-corrected chi connectivity index (χ0v) is 19.4. The topological polar surface area (TPSA) is 243 Å². The van der Waals surface area contributed by atoms with Crippen LogP contribution < -0.4 is 27.4 Å². The van der Waals surface area contributed by atoms with E-state index in [9.17, 15) is 34.2 Å². The van der Waals surface area contributed by atoms with Crippen LogP contribution in [-0.4, -0.2) is 73.9 Å². The second-order valence-electron chi connectivity index (χ2n) is 8.12. The highest BCUT2D eigenvalue weighted by molar-refractivity contribution is 5.95. The molecule has 0 aliphatic carbocycles. The molecule has 0 bridgehead atoms. The van der Waals surface area contributed by atoms with Crippen molar-refractivity contribution >= 4 is 29.6 Å². The van der Waals surface area contributed by atoms with E-state index in [1.807, 2.05) is 0 Å². The van der Waals surface area contributed by atoms with Crippen molar-refractivity contribution in [3.05, 3.63) is 48.0 Å². The van der Waals surface area contributed by atoms with Gasteiger partial charge in [-0.1, -0.05) is 12.1 Å². The van der Waals surface area contributed by atoms with Crippen molar-refractivity contribution in [1.29, 1.82) is 0 Å². The number of H-pyrrole nitrogens is 1. The number of carboxylic acids is 1. The lowest BCUT2D eigenvalue weighted by atomic mass is 10.1. The molecule has 14 heteroatoms. The maximum absolute atomic E-state index is 12.9. The fourth-order valence-corrected chi connectivity index (χ4v) is 3.16. The monoisotopic (exact) mass is 503 g/mol. The van der Waals surface area contributed by atoms with Crippen LogP contribution in [0.4, 0.5) is 0 Å². The Morgan fingerprint density at radius 1 is 0.972 bits per heavy atom. The lowest BCUT2D eigenvalue weighted by Crippen LogP contribution is -2.57. The summed E-state index contributed by atoms with van der Waals surface area (Å²) < 4.78 is 0. The third-order valence-electron chi connectivity index (χ3n) is 5.11. The van der Waals surface area contributed by atoms with Crippen molar-refractivity contribution in [1.82, 2.24) is 25.9 Å². The molecule has 0 radical (unpaired) electrons. The number of amides is 4. The van der Waals surface area contributed by atoms with Crippen LogP contribution in [0.1, 0.15) is 24.6 Å². The molecule has 0 fully saturated rings. The predicted molar refractivity (Wildman–Crippen MR) is 125 cm³/mol. The first-order valence-electron chi connectivity index (χ1n) is 10.9. The van der Waals surface area contributed by atoms with Crippen molar-refractivity contribution in [2.45, 2.75) is 50.4 Å². The van der Waals surface area contributed by atoms with Crippen LogP contribution in [-0.2, 0) is 36.8 Å². The molecule has 2 aromatic rings. The van der Waals surface area contributed by atoms with E-state index in [-0.39, 0.29) is 18.6 Å². The molecule has 2 rings (SSSR count). The summed E-state index contributed by atoms with van der Waals surface area (Å²) in [7, 11) is 0. The van der Waals surface area contributed by atoms with Crippen LogP contribution in [0, 0.1) is 0 Å². The van der Waals surface area contributed by atoms with Gasteiger partial charge >= 0.3 is 5.97 Å². The average molecular weight is 504 g/mol. The van der Waals surface area contributed by atoms with Gasteiger partial charge < -0.3 is 42.6 Å². The number of nitrogens with zero attached hydrogens (tertiary/aromatic N) is 1. The number of phenols is 1. The number of hydrogen-bond donors (Lipinski definition) is 8. The van der Waals surface area contributed by atoms with Crippen LogP contribution in [0.25, 0.3) is 0 Å². The summed E-state index contributed by atoms with van der Waals surface area (Å²) in [5.74, 6) is -4.40. The van der Waals surface area contributed by atoms with Crippen molar-refractivity contribution in [2.75, 3.05) is 0 Å². The van der Waals surface area contributed by atoms with E-state index in [1.54, 1.807) is 0 Å². The molecular weight excluding hydrogens is 474 g/mol. The summed E-state index contributed by atoms with van der Waals surface area (Å²) in [4.78, 5) is 67.2. The molecular formula is C22H29N7O7. The summed E-state index contributed by atoms with van der Waals surface area (Å²) >= 11 is 0. The van der Waals surface area contributed by atoms with Gasteiger partial charge in [-0.3, -0.25) is 19.2 Å². The van der Waals surface area contributed by atoms with E-state index < -0.39 is 60.2 Å². The van der Waals surface area contributed by atoms with E-state index in [0.29, 0.717) is 11.3 Å². The predicted octanol–water partition coefficient (Wildman–Crippen LogP) is -2.34. The van der Waals surface area contributed by atoms with Gasteiger partial charge in [0.05, 0.1) is 18.8 Å². The summed E-state index contributed by atoms with van der Waals surface area (Å²) in [6.45, 7) is 1.35. The fourth-order valence-electron chi connectivity index (χ4n) is 3.16. The molecule has 4 amide bonds. The number of benzene rings is 1. The minimum Gasteiger partial charge on any atom is -0.508 e. The number of nitrogens with two attached hydrogens (primary N) is 2. The lowest BCUT2D eigenvalue weighted by Gasteiger charge is -2.23. The summed E-state index contributed by atoms with van der Waals surface area (Å²) in [6.07, 6.45) is 2.29. The Hall–Kier alpha value is -4.46. The number of aromatic hydroxyl groups is 1. The van der Waals surface area contributed by atoms with Gasteiger partial charge in [-0.25, -0.2) is 9.78 Å². The minimum absolute atomic E-state index is 0.0124. The molecule has 1 aromatic heterocycles. The fraction of sp³-hybridized carbons (Fsp3) is 0.364. The van der Waals surface area contributed by atoms with E-state index in [4.69, 9.17) is 11.5 Å². The van der Waals surface area contributed by atoms with E-state index >= 15 is 0 Å². The second-order valence-corrected chi connectivity index (χ2v) is 8.12. The number of aromatic nitrogens is 2. The van der Waals surface area contributed by atoms with Crippen LogP contribution in [0.5, 0.6) is 5.75 Å². The highest BCUT2D eigenvalue weighted by atomic mass is 16.4. The zero-order chi connectivity index (χ0) is 26.8. The van der Waals surface area contributed by atoms with E-state index in [0.717, 1.165) is 0 Å². The number of hydrogen-bond acceptors (Lipinski definition) is 8. The molecule has 0 saturated carbocycles. The Bertz CT molecular complexity index is 1070. The molecule has 1 aromatic carbocycles. The molecule has 1 heterocycles. The van der Waals surface area contributed by atoms with Crippen LogP contribution in [0.3, 0.4) is 0 Å². The van der Waals surface area contributed by atoms with Crippen LogP contribution in [0.2, 0.25) is 0 Å². The minimum atomic E-state index is -1.30. The number of imidazole rings is 1. The maximum Gasteiger partial charge on any atom is 0.326 e. The standard InChI is InChI=1S/C22H29N7O7/c1-11(19(32)29-17(22(35)36)6-12-2-4-14(30)5-3-12)27-21(34)16(7-13-9-25-10-26-13)28-20(33)15(23)8-18(24)31/h2-5,9-11,15-17,30H,6-8,23H2,1H3,(H2,24,31)(H,25,26)(H,27,34)(H,28,33)(H,29,32)(H,35,36). The third-order valence-corrected chi connectivity index (χ3v) is 5.11. The van der Waals surface area contributed by atoms with Gasteiger partial charge in [0.1, 0.15) is 23.9 Å². The maximum atomic E-state index is 12.9. The highest BCUT2D eigenvalue weighted by Crippen LogP contribution is 2.11. The number of carbonyl (C=O) groups is 5. The number of aliphatic carboxylic acids is 1. The largest absolute Gasteiger partial charge is 0.508 e. The number of nitrogens with one attached hydrogen (secondary N) is 4. The molecule has 0 spiro atoms. The van der Waals surface area contributed by atoms with Gasteiger partial charge in [-0.2, -0.15) is 0 Å². The zero-order valence-electron chi connectivity index (χ0n) is 19.4. The third kappa shape index (κ3) is 8.72. The number of carboxylic acid groups (broad SMARTS) is 1. The van der Waals surface area contributed by atoms with Gasteiger partial charge in [-0.05, 0) is 24.6 Å².